The van der Waals surface area contributed by atoms with Crippen molar-refractivity contribution in [3.8, 4) is 0 Å². The molecule has 0 aliphatic rings. The van der Waals surface area contributed by atoms with Gasteiger partial charge in [-0.25, -0.2) is 14.8 Å². The number of carboxylic acids is 1. The van der Waals surface area contributed by atoms with Crippen LogP contribution in [0.15, 0.2) is 6.07 Å². The van der Waals surface area contributed by atoms with Crippen LogP contribution in [-0.2, 0) is 0 Å². The molecule has 3 N–H and O–H groups in total. The molecular weight excluding hydrogens is 255 g/mol. The molecule has 82 valence electrons. The normalized spacial score (nSPS) is 10.6. The lowest BCUT2D eigenvalue weighted by molar-refractivity contribution is 0.0691. The summed E-state index contributed by atoms with van der Waals surface area (Å²) < 4.78 is 0. The standard InChI is InChI=1S/C8H4Cl2N4O2/c9-2-1-3(7(15)16)12-5-4(2)13-8(10)14-6(5)11/h1H,(H,15,16)(H2,11,13,14). The number of carboxylic acid groups (broad SMARTS) is 1. The van der Waals surface area contributed by atoms with E-state index in [0.717, 1.165) is 0 Å². The quantitative estimate of drug-likeness (QED) is 0.754. The molecule has 16 heavy (non-hydrogen) atoms. The molecule has 0 amide bonds. The number of nitrogen functional groups attached to an aromatic ring is 1. The summed E-state index contributed by atoms with van der Waals surface area (Å²) in [5.41, 5.74) is 5.66. The zero-order valence-electron chi connectivity index (χ0n) is 7.61. The van der Waals surface area contributed by atoms with Gasteiger partial charge in [-0.15, -0.1) is 0 Å². The Labute approximate surface area is 99.0 Å². The van der Waals surface area contributed by atoms with Gasteiger partial charge in [0, 0.05) is 0 Å². The minimum absolute atomic E-state index is 0.0139. The van der Waals surface area contributed by atoms with Crippen LogP contribution in [0.3, 0.4) is 0 Å². The zero-order valence-corrected chi connectivity index (χ0v) is 9.12. The highest BCUT2D eigenvalue weighted by atomic mass is 35.5. The van der Waals surface area contributed by atoms with Crippen LogP contribution in [-0.4, -0.2) is 26.0 Å². The van der Waals surface area contributed by atoms with Gasteiger partial charge in [-0.2, -0.15) is 4.98 Å². The maximum Gasteiger partial charge on any atom is 0.354 e. The topological polar surface area (TPSA) is 102 Å². The highest BCUT2D eigenvalue weighted by molar-refractivity contribution is 6.36. The number of aromatic nitrogens is 3. The minimum atomic E-state index is -1.21. The van der Waals surface area contributed by atoms with Crippen molar-refractivity contribution in [3.63, 3.8) is 0 Å². The molecule has 2 heterocycles. The van der Waals surface area contributed by atoms with Gasteiger partial charge in [0.1, 0.15) is 11.0 Å². The third-order valence-electron chi connectivity index (χ3n) is 1.82. The Morgan fingerprint density at radius 1 is 1.25 bits per heavy atom. The van der Waals surface area contributed by atoms with Crippen molar-refractivity contribution in [1.29, 1.82) is 0 Å². The Bertz CT molecular complexity index is 602. The summed E-state index contributed by atoms with van der Waals surface area (Å²) in [6.07, 6.45) is 0. The maximum atomic E-state index is 10.7. The number of nitrogens with zero attached hydrogens (tertiary/aromatic N) is 3. The van der Waals surface area contributed by atoms with Crippen molar-refractivity contribution in [2.24, 2.45) is 0 Å². The third kappa shape index (κ3) is 1.72. The van der Waals surface area contributed by atoms with Gasteiger partial charge >= 0.3 is 5.97 Å². The number of hydrogen-bond donors (Lipinski definition) is 2. The molecule has 0 unspecified atom stereocenters. The van der Waals surface area contributed by atoms with Gasteiger partial charge in [0.15, 0.2) is 11.5 Å². The number of nitrogens with two attached hydrogens (primary N) is 1. The SMILES string of the molecule is Nc1nc(Cl)nc2c(Cl)cc(C(=O)O)nc12. The number of pyridine rings is 1. The number of rotatable bonds is 1. The van der Waals surface area contributed by atoms with Crippen molar-refractivity contribution in [3.05, 3.63) is 22.1 Å². The van der Waals surface area contributed by atoms with E-state index in [1.165, 1.54) is 6.07 Å². The van der Waals surface area contributed by atoms with E-state index >= 15 is 0 Å². The second kappa shape index (κ2) is 3.73. The van der Waals surface area contributed by atoms with Gasteiger partial charge in [0.05, 0.1) is 5.02 Å². The molecule has 2 rings (SSSR count). The van der Waals surface area contributed by atoms with Crippen LogP contribution in [0.25, 0.3) is 11.0 Å². The Balaban J connectivity index is 2.87. The molecule has 0 aromatic carbocycles. The monoisotopic (exact) mass is 258 g/mol. The fraction of sp³-hybridized carbons (Fsp3) is 0. The number of anilines is 1. The van der Waals surface area contributed by atoms with Crippen LogP contribution in [0.1, 0.15) is 10.5 Å². The first-order chi connectivity index (χ1) is 7.49. The Kier molecular flexibility index (Phi) is 2.53. The predicted molar refractivity (Wildman–Crippen MR) is 58.7 cm³/mol. The van der Waals surface area contributed by atoms with Crippen molar-refractivity contribution in [2.45, 2.75) is 0 Å². The van der Waals surface area contributed by atoms with E-state index in [2.05, 4.69) is 15.0 Å². The fourth-order valence-corrected chi connectivity index (χ4v) is 1.58. The largest absolute Gasteiger partial charge is 0.477 e. The second-order valence-corrected chi connectivity index (χ2v) is 3.61. The summed E-state index contributed by atoms with van der Waals surface area (Å²) in [5, 5.41) is 8.82. The molecule has 0 bridgehead atoms. The van der Waals surface area contributed by atoms with Gasteiger partial charge in [-0.1, -0.05) is 11.6 Å². The van der Waals surface area contributed by atoms with Crippen LogP contribution in [0, 0.1) is 0 Å². The van der Waals surface area contributed by atoms with E-state index in [4.69, 9.17) is 34.0 Å². The van der Waals surface area contributed by atoms with E-state index in [1.54, 1.807) is 0 Å². The summed E-state index contributed by atoms with van der Waals surface area (Å²) in [5.74, 6) is -1.22. The Morgan fingerprint density at radius 3 is 2.56 bits per heavy atom. The summed E-state index contributed by atoms with van der Waals surface area (Å²) in [6.45, 7) is 0. The predicted octanol–water partition coefficient (Wildman–Crippen LogP) is 1.61. The highest BCUT2D eigenvalue weighted by Crippen LogP contribution is 2.25. The molecule has 0 atom stereocenters. The van der Waals surface area contributed by atoms with Crippen LogP contribution in [0.2, 0.25) is 10.3 Å². The van der Waals surface area contributed by atoms with E-state index in [-0.39, 0.29) is 32.9 Å². The van der Waals surface area contributed by atoms with Gasteiger partial charge in [-0.3, -0.25) is 0 Å². The van der Waals surface area contributed by atoms with E-state index in [0.29, 0.717) is 0 Å². The van der Waals surface area contributed by atoms with Gasteiger partial charge in [0.2, 0.25) is 5.28 Å². The molecule has 0 aliphatic carbocycles. The summed E-state index contributed by atoms with van der Waals surface area (Å²) >= 11 is 11.4. The molecule has 0 fully saturated rings. The average Bonchev–Trinajstić information content (AvgIpc) is 2.19. The molecule has 0 saturated heterocycles. The third-order valence-corrected chi connectivity index (χ3v) is 2.28. The summed E-state index contributed by atoms with van der Waals surface area (Å²) in [4.78, 5) is 22.0. The molecule has 0 radical (unpaired) electrons. The van der Waals surface area contributed by atoms with Crippen molar-refractivity contribution < 1.29 is 9.90 Å². The number of fused-ring (bicyclic) bond motifs is 1. The van der Waals surface area contributed by atoms with Gasteiger partial charge in [-0.05, 0) is 17.7 Å². The summed E-state index contributed by atoms with van der Waals surface area (Å²) in [7, 11) is 0. The van der Waals surface area contributed by atoms with Crippen molar-refractivity contribution >= 4 is 46.0 Å². The summed E-state index contributed by atoms with van der Waals surface area (Å²) in [6, 6.07) is 1.18. The zero-order chi connectivity index (χ0) is 11.9. The second-order valence-electron chi connectivity index (χ2n) is 2.87. The van der Waals surface area contributed by atoms with Crippen molar-refractivity contribution in [1.82, 2.24) is 15.0 Å². The first kappa shape index (κ1) is 10.8. The number of halogens is 2. The van der Waals surface area contributed by atoms with E-state index in [9.17, 15) is 4.79 Å². The molecule has 0 spiro atoms. The Morgan fingerprint density at radius 2 is 1.94 bits per heavy atom. The molecule has 2 aromatic heterocycles. The Hall–Kier alpha value is -1.66. The lowest BCUT2D eigenvalue weighted by Gasteiger charge is -2.03. The first-order valence-corrected chi connectivity index (χ1v) is 4.77. The average molecular weight is 259 g/mol. The van der Waals surface area contributed by atoms with E-state index < -0.39 is 5.97 Å². The van der Waals surface area contributed by atoms with Crippen LogP contribution in [0.5, 0.6) is 0 Å². The van der Waals surface area contributed by atoms with Gasteiger partial charge in [0.25, 0.3) is 0 Å². The minimum Gasteiger partial charge on any atom is -0.477 e. The molecule has 0 saturated carbocycles. The lowest BCUT2D eigenvalue weighted by atomic mass is 10.3. The smallest absolute Gasteiger partial charge is 0.354 e. The van der Waals surface area contributed by atoms with E-state index in [1.807, 2.05) is 0 Å². The van der Waals surface area contributed by atoms with Crippen LogP contribution < -0.4 is 5.73 Å². The molecule has 2 aromatic rings. The number of aromatic carboxylic acids is 1. The first-order valence-electron chi connectivity index (χ1n) is 4.01. The van der Waals surface area contributed by atoms with Crippen LogP contribution in [0.4, 0.5) is 5.82 Å². The number of carbonyl (C=O) groups is 1. The molecule has 0 aliphatic heterocycles. The molecular formula is C8H4Cl2N4O2. The fourth-order valence-electron chi connectivity index (χ4n) is 1.17. The molecule has 8 heteroatoms. The number of hydrogen-bond acceptors (Lipinski definition) is 5. The van der Waals surface area contributed by atoms with Crippen LogP contribution >= 0.6 is 23.2 Å². The highest BCUT2D eigenvalue weighted by Gasteiger charge is 2.14. The lowest BCUT2D eigenvalue weighted by Crippen LogP contribution is -2.04. The molecule has 6 nitrogen and oxygen atoms in total. The van der Waals surface area contributed by atoms with Gasteiger partial charge < -0.3 is 10.8 Å². The maximum absolute atomic E-state index is 10.7. The van der Waals surface area contributed by atoms with Crippen molar-refractivity contribution in [2.75, 3.05) is 5.73 Å².